The Morgan fingerprint density at radius 1 is 1.43 bits per heavy atom. The zero-order valence-corrected chi connectivity index (χ0v) is 13.8. The molecule has 1 aliphatic rings. The number of hydrogen-bond donors (Lipinski definition) is 1. The van der Waals surface area contributed by atoms with Gasteiger partial charge in [-0.05, 0) is 49.4 Å². The minimum absolute atomic E-state index is 0.125. The summed E-state index contributed by atoms with van der Waals surface area (Å²) in [5.41, 5.74) is 6.68. The Morgan fingerprint density at radius 2 is 2.19 bits per heavy atom. The minimum Gasteiger partial charge on any atom is -0.336 e. The molecule has 2 N–H and O–H groups in total. The molecule has 0 radical (unpaired) electrons. The molecule has 1 saturated heterocycles. The van der Waals surface area contributed by atoms with Gasteiger partial charge in [0.1, 0.15) is 0 Å². The molecular weight excluding hydrogens is 307 g/mol. The molecular formula is C16H22Cl2N2O. The number of likely N-dealkylation sites (tertiary alicyclic amines) is 1. The Hall–Kier alpha value is -0.770. The number of rotatable bonds is 5. The molecule has 0 aromatic heterocycles. The first-order valence-electron chi connectivity index (χ1n) is 7.47. The molecule has 2 atom stereocenters. The van der Waals surface area contributed by atoms with Gasteiger partial charge in [0.05, 0.1) is 16.1 Å². The van der Waals surface area contributed by atoms with Crippen LogP contribution in [-0.4, -0.2) is 23.9 Å². The Morgan fingerprint density at radius 3 is 2.86 bits per heavy atom. The standard InChI is InChI=1S/C16H22Cl2N2O/c1-11(10-19)4-7-16(21)20-8-2-3-15(20)12-5-6-13(17)14(18)9-12/h5-6,9,11,15H,2-4,7-8,10,19H2,1H3. The van der Waals surface area contributed by atoms with E-state index in [1.807, 2.05) is 17.0 Å². The summed E-state index contributed by atoms with van der Waals surface area (Å²) in [6.45, 7) is 3.53. The molecule has 1 amide bonds. The molecule has 1 heterocycles. The van der Waals surface area contributed by atoms with E-state index in [0.29, 0.717) is 28.9 Å². The van der Waals surface area contributed by atoms with Crippen molar-refractivity contribution in [2.75, 3.05) is 13.1 Å². The van der Waals surface area contributed by atoms with Crippen molar-refractivity contribution in [2.45, 2.75) is 38.6 Å². The number of halogens is 2. The van der Waals surface area contributed by atoms with Crippen molar-refractivity contribution in [1.82, 2.24) is 4.90 Å². The SMILES string of the molecule is CC(CN)CCC(=O)N1CCCC1c1ccc(Cl)c(Cl)c1. The topological polar surface area (TPSA) is 46.3 Å². The van der Waals surface area contributed by atoms with Crippen LogP contribution in [0, 0.1) is 5.92 Å². The van der Waals surface area contributed by atoms with Crippen LogP contribution in [-0.2, 0) is 4.79 Å². The van der Waals surface area contributed by atoms with Gasteiger partial charge in [-0.25, -0.2) is 0 Å². The number of benzene rings is 1. The van der Waals surface area contributed by atoms with E-state index in [9.17, 15) is 4.79 Å². The second-order valence-corrected chi connectivity index (χ2v) is 6.61. The first-order valence-corrected chi connectivity index (χ1v) is 8.23. The number of amides is 1. The summed E-state index contributed by atoms with van der Waals surface area (Å²) in [5, 5.41) is 1.10. The Balaban J connectivity index is 2.05. The van der Waals surface area contributed by atoms with Gasteiger partial charge in [0.2, 0.25) is 5.91 Å². The third kappa shape index (κ3) is 4.12. The van der Waals surface area contributed by atoms with Crippen LogP contribution < -0.4 is 5.73 Å². The largest absolute Gasteiger partial charge is 0.336 e. The van der Waals surface area contributed by atoms with E-state index in [1.165, 1.54) is 0 Å². The number of carbonyl (C=O) groups is 1. The molecule has 2 unspecified atom stereocenters. The second-order valence-electron chi connectivity index (χ2n) is 5.80. The van der Waals surface area contributed by atoms with Crippen molar-refractivity contribution in [3.05, 3.63) is 33.8 Å². The lowest BCUT2D eigenvalue weighted by Gasteiger charge is -2.26. The Kier molecular flexibility index (Phi) is 5.91. The van der Waals surface area contributed by atoms with E-state index in [4.69, 9.17) is 28.9 Å². The maximum atomic E-state index is 12.4. The summed E-state index contributed by atoms with van der Waals surface area (Å²) in [6, 6.07) is 5.77. The van der Waals surface area contributed by atoms with E-state index in [2.05, 4.69) is 6.92 Å². The van der Waals surface area contributed by atoms with Crippen molar-refractivity contribution < 1.29 is 4.79 Å². The molecule has 1 fully saturated rings. The van der Waals surface area contributed by atoms with E-state index in [0.717, 1.165) is 31.4 Å². The highest BCUT2D eigenvalue weighted by Crippen LogP contribution is 2.35. The smallest absolute Gasteiger partial charge is 0.223 e. The highest BCUT2D eigenvalue weighted by molar-refractivity contribution is 6.42. The fraction of sp³-hybridized carbons (Fsp3) is 0.562. The predicted octanol–water partition coefficient (Wildman–Crippen LogP) is 4.03. The van der Waals surface area contributed by atoms with Gasteiger partial charge in [0.25, 0.3) is 0 Å². The molecule has 116 valence electrons. The molecule has 21 heavy (non-hydrogen) atoms. The van der Waals surface area contributed by atoms with Gasteiger partial charge in [-0.2, -0.15) is 0 Å². The zero-order valence-electron chi connectivity index (χ0n) is 12.3. The fourth-order valence-electron chi connectivity index (χ4n) is 2.76. The van der Waals surface area contributed by atoms with Gasteiger partial charge in [0.15, 0.2) is 0 Å². The van der Waals surface area contributed by atoms with Gasteiger partial charge >= 0.3 is 0 Å². The molecule has 5 heteroatoms. The molecule has 1 aliphatic heterocycles. The van der Waals surface area contributed by atoms with Crippen LogP contribution in [0.5, 0.6) is 0 Å². The first kappa shape index (κ1) is 16.6. The number of nitrogens with two attached hydrogens (primary N) is 1. The Bertz CT molecular complexity index is 507. The zero-order chi connectivity index (χ0) is 15.4. The average molecular weight is 329 g/mol. The number of nitrogens with zero attached hydrogens (tertiary/aromatic N) is 1. The van der Waals surface area contributed by atoms with Crippen LogP contribution in [0.25, 0.3) is 0 Å². The third-order valence-corrected chi connectivity index (χ3v) is 4.89. The van der Waals surface area contributed by atoms with Crippen molar-refractivity contribution in [3.63, 3.8) is 0 Å². The molecule has 1 aromatic rings. The van der Waals surface area contributed by atoms with Crippen LogP contribution in [0.4, 0.5) is 0 Å². The van der Waals surface area contributed by atoms with Gasteiger partial charge < -0.3 is 10.6 Å². The van der Waals surface area contributed by atoms with Gasteiger partial charge in [-0.3, -0.25) is 4.79 Å². The van der Waals surface area contributed by atoms with Crippen LogP contribution in [0.2, 0.25) is 10.0 Å². The lowest BCUT2D eigenvalue weighted by Crippen LogP contribution is -2.31. The van der Waals surface area contributed by atoms with Crippen molar-refractivity contribution >= 4 is 29.1 Å². The van der Waals surface area contributed by atoms with Gasteiger partial charge in [-0.15, -0.1) is 0 Å². The molecule has 0 aliphatic carbocycles. The van der Waals surface area contributed by atoms with Gasteiger partial charge in [-0.1, -0.05) is 36.2 Å². The molecule has 3 nitrogen and oxygen atoms in total. The fourth-order valence-corrected chi connectivity index (χ4v) is 3.07. The summed E-state index contributed by atoms with van der Waals surface area (Å²) in [6.07, 6.45) is 3.43. The van der Waals surface area contributed by atoms with E-state index in [1.54, 1.807) is 6.07 Å². The van der Waals surface area contributed by atoms with Crippen molar-refractivity contribution in [3.8, 4) is 0 Å². The van der Waals surface area contributed by atoms with E-state index < -0.39 is 0 Å². The van der Waals surface area contributed by atoms with Crippen LogP contribution in [0.3, 0.4) is 0 Å². The number of hydrogen-bond acceptors (Lipinski definition) is 2. The normalized spacial score (nSPS) is 19.8. The summed E-state index contributed by atoms with van der Waals surface area (Å²) in [4.78, 5) is 14.4. The van der Waals surface area contributed by atoms with Crippen molar-refractivity contribution in [2.24, 2.45) is 11.7 Å². The second kappa shape index (κ2) is 7.48. The highest BCUT2D eigenvalue weighted by Gasteiger charge is 2.29. The maximum Gasteiger partial charge on any atom is 0.223 e. The summed E-state index contributed by atoms with van der Waals surface area (Å²) < 4.78 is 0. The lowest BCUT2D eigenvalue weighted by molar-refractivity contribution is -0.132. The third-order valence-electron chi connectivity index (χ3n) is 4.15. The summed E-state index contributed by atoms with van der Waals surface area (Å²) >= 11 is 12.1. The highest BCUT2D eigenvalue weighted by atomic mass is 35.5. The maximum absolute atomic E-state index is 12.4. The predicted molar refractivity (Wildman–Crippen MR) is 87.6 cm³/mol. The molecule has 2 rings (SSSR count). The van der Waals surface area contributed by atoms with Crippen LogP contribution >= 0.6 is 23.2 Å². The molecule has 0 spiro atoms. The van der Waals surface area contributed by atoms with E-state index >= 15 is 0 Å². The lowest BCUT2D eigenvalue weighted by atomic mass is 10.0. The molecule has 0 saturated carbocycles. The number of carbonyl (C=O) groups excluding carboxylic acids is 1. The van der Waals surface area contributed by atoms with Gasteiger partial charge in [0, 0.05) is 13.0 Å². The quantitative estimate of drug-likeness (QED) is 0.886. The van der Waals surface area contributed by atoms with Crippen LogP contribution in [0.1, 0.15) is 44.2 Å². The van der Waals surface area contributed by atoms with Crippen molar-refractivity contribution in [1.29, 1.82) is 0 Å². The molecule has 1 aromatic carbocycles. The minimum atomic E-state index is 0.125. The van der Waals surface area contributed by atoms with E-state index in [-0.39, 0.29) is 11.9 Å². The average Bonchev–Trinajstić information content (AvgIpc) is 2.96. The van der Waals surface area contributed by atoms with Crippen LogP contribution in [0.15, 0.2) is 18.2 Å². The first-order chi connectivity index (χ1) is 10.0. The summed E-state index contributed by atoms with van der Waals surface area (Å²) in [5.74, 6) is 0.601. The monoisotopic (exact) mass is 328 g/mol. The summed E-state index contributed by atoms with van der Waals surface area (Å²) in [7, 11) is 0. The Labute approximate surface area is 136 Å². The molecule has 0 bridgehead atoms.